The molecule has 0 aliphatic heterocycles. The number of benzene rings is 2. The minimum atomic E-state index is -1.18. The Bertz CT molecular complexity index is 1190. The first-order chi connectivity index (χ1) is 14.9. The standard InChI is InChI=1S/C24H18Cl2FNO3/c25-15-8-11-22(31-13-14-4-1-2-7-20(14)27)18(12-15)16-5-3-6-17(16)21-10-9-19(26)23(28-21)24(29)30/h1-2,4,7-12H,3,5-6,13H2,(H,29,30). The summed E-state index contributed by atoms with van der Waals surface area (Å²) in [6.45, 7) is 0.0757. The van der Waals surface area contributed by atoms with E-state index in [0.717, 1.165) is 36.0 Å². The van der Waals surface area contributed by atoms with Crippen LogP contribution in [0.15, 0.2) is 54.6 Å². The van der Waals surface area contributed by atoms with Crippen LogP contribution in [0.5, 0.6) is 5.75 Å². The normalized spacial score (nSPS) is 13.5. The van der Waals surface area contributed by atoms with Crippen LogP contribution in [-0.4, -0.2) is 16.1 Å². The maximum atomic E-state index is 14.0. The van der Waals surface area contributed by atoms with Crippen molar-refractivity contribution < 1.29 is 19.0 Å². The van der Waals surface area contributed by atoms with E-state index in [2.05, 4.69) is 4.98 Å². The molecular weight excluding hydrogens is 440 g/mol. The number of allylic oxidation sites excluding steroid dienone is 2. The molecule has 0 saturated carbocycles. The fourth-order valence-corrected chi connectivity index (χ4v) is 4.08. The van der Waals surface area contributed by atoms with Crippen LogP contribution in [0.2, 0.25) is 10.0 Å². The molecule has 31 heavy (non-hydrogen) atoms. The largest absolute Gasteiger partial charge is 0.488 e. The molecule has 1 heterocycles. The second-order valence-corrected chi connectivity index (χ2v) is 8.01. The lowest BCUT2D eigenvalue weighted by Crippen LogP contribution is -2.04. The maximum Gasteiger partial charge on any atom is 0.356 e. The number of carboxylic acid groups (broad SMARTS) is 1. The van der Waals surface area contributed by atoms with Crippen LogP contribution >= 0.6 is 23.2 Å². The van der Waals surface area contributed by atoms with Gasteiger partial charge in [0.25, 0.3) is 0 Å². The van der Waals surface area contributed by atoms with Crippen molar-refractivity contribution in [3.8, 4) is 5.75 Å². The van der Waals surface area contributed by atoms with Crippen LogP contribution in [0.25, 0.3) is 11.1 Å². The number of aromatic nitrogens is 1. The number of ether oxygens (including phenoxy) is 1. The quantitative estimate of drug-likeness (QED) is 0.437. The Morgan fingerprint density at radius 1 is 1.06 bits per heavy atom. The second kappa shape index (κ2) is 9.08. The van der Waals surface area contributed by atoms with Gasteiger partial charge in [-0.2, -0.15) is 0 Å². The first-order valence-electron chi connectivity index (χ1n) is 9.72. The van der Waals surface area contributed by atoms with Gasteiger partial charge in [-0.15, -0.1) is 0 Å². The van der Waals surface area contributed by atoms with Crippen molar-refractivity contribution in [1.29, 1.82) is 0 Å². The highest BCUT2D eigenvalue weighted by atomic mass is 35.5. The number of halogens is 3. The Balaban J connectivity index is 1.74. The number of pyridine rings is 1. The lowest BCUT2D eigenvalue weighted by molar-refractivity contribution is 0.0690. The van der Waals surface area contributed by atoms with Gasteiger partial charge in [-0.3, -0.25) is 0 Å². The number of carboxylic acids is 1. The van der Waals surface area contributed by atoms with E-state index in [0.29, 0.717) is 22.0 Å². The molecule has 0 saturated heterocycles. The predicted octanol–water partition coefficient (Wildman–Crippen LogP) is 6.90. The Morgan fingerprint density at radius 2 is 1.84 bits per heavy atom. The molecule has 0 radical (unpaired) electrons. The SMILES string of the molecule is O=C(O)c1nc(C2=C(c3cc(Cl)ccc3OCc3ccccc3F)CCC2)ccc1Cl. The van der Waals surface area contributed by atoms with Crippen LogP contribution in [-0.2, 0) is 6.61 Å². The minimum absolute atomic E-state index is 0.0757. The van der Waals surface area contributed by atoms with Gasteiger partial charge in [-0.25, -0.2) is 14.2 Å². The van der Waals surface area contributed by atoms with E-state index in [-0.39, 0.29) is 23.1 Å². The van der Waals surface area contributed by atoms with E-state index in [1.54, 1.807) is 42.5 Å². The lowest BCUT2D eigenvalue weighted by Gasteiger charge is -2.15. The summed E-state index contributed by atoms with van der Waals surface area (Å²) in [7, 11) is 0. The summed E-state index contributed by atoms with van der Waals surface area (Å²) < 4.78 is 20.0. The lowest BCUT2D eigenvalue weighted by atomic mass is 9.98. The summed E-state index contributed by atoms with van der Waals surface area (Å²) in [5, 5.41) is 10.0. The van der Waals surface area contributed by atoms with Crippen LogP contribution in [0.3, 0.4) is 0 Å². The number of aromatic carboxylic acids is 1. The zero-order valence-electron chi connectivity index (χ0n) is 16.4. The van der Waals surface area contributed by atoms with Crippen molar-refractivity contribution >= 4 is 40.3 Å². The van der Waals surface area contributed by atoms with E-state index >= 15 is 0 Å². The molecule has 158 valence electrons. The summed E-state index contributed by atoms with van der Waals surface area (Å²) in [5.74, 6) is -0.927. The molecule has 4 rings (SSSR count). The van der Waals surface area contributed by atoms with Crippen molar-refractivity contribution in [1.82, 2.24) is 4.98 Å². The average molecular weight is 458 g/mol. The Morgan fingerprint density at radius 3 is 2.61 bits per heavy atom. The molecule has 1 aliphatic rings. The van der Waals surface area contributed by atoms with Crippen molar-refractivity contribution in [3.05, 3.63) is 93.0 Å². The van der Waals surface area contributed by atoms with Gasteiger partial charge in [-0.1, -0.05) is 41.4 Å². The van der Waals surface area contributed by atoms with Crippen molar-refractivity contribution in [3.63, 3.8) is 0 Å². The number of carbonyl (C=O) groups is 1. The third-order valence-electron chi connectivity index (χ3n) is 5.18. The first kappa shape index (κ1) is 21.3. The Hall–Kier alpha value is -2.89. The first-order valence-corrected chi connectivity index (χ1v) is 10.5. The fourth-order valence-electron chi connectivity index (χ4n) is 3.72. The Labute approximate surface area is 188 Å². The molecule has 1 aliphatic carbocycles. The highest BCUT2D eigenvalue weighted by Gasteiger charge is 2.23. The van der Waals surface area contributed by atoms with Crippen LogP contribution in [0.4, 0.5) is 4.39 Å². The van der Waals surface area contributed by atoms with Crippen molar-refractivity contribution in [2.75, 3.05) is 0 Å². The van der Waals surface area contributed by atoms with E-state index in [9.17, 15) is 14.3 Å². The number of hydrogen-bond donors (Lipinski definition) is 1. The van der Waals surface area contributed by atoms with E-state index in [4.69, 9.17) is 27.9 Å². The van der Waals surface area contributed by atoms with E-state index in [1.807, 2.05) is 6.07 Å². The van der Waals surface area contributed by atoms with Crippen molar-refractivity contribution in [2.24, 2.45) is 0 Å². The zero-order valence-corrected chi connectivity index (χ0v) is 17.9. The molecule has 1 N–H and O–H groups in total. The number of rotatable bonds is 6. The van der Waals surface area contributed by atoms with Gasteiger partial charge in [0.1, 0.15) is 18.2 Å². The van der Waals surface area contributed by atoms with Crippen LogP contribution < -0.4 is 4.74 Å². The maximum absolute atomic E-state index is 14.0. The molecule has 2 aromatic carbocycles. The smallest absolute Gasteiger partial charge is 0.356 e. The molecule has 0 atom stereocenters. The van der Waals surface area contributed by atoms with Gasteiger partial charge in [-0.05, 0) is 66.8 Å². The van der Waals surface area contributed by atoms with Gasteiger partial charge < -0.3 is 9.84 Å². The second-order valence-electron chi connectivity index (χ2n) is 7.16. The molecule has 0 bridgehead atoms. The summed E-state index contributed by atoms with van der Waals surface area (Å²) in [4.78, 5) is 15.7. The molecule has 4 nitrogen and oxygen atoms in total. The highest BCUT2D eigenvalue weighted by molar-refractivity contribution is 6.33. The van der Waals surface area contributed by atoms with E-state index < -0.39 is 5.97 Å². The molecule has 0 spiro atoms. The predicted molar refractivity (Wildman–Crippen MR) is 119 cm³/mol. The van der Waals surface area contributed by atoms with Gasteiger partial charge in [0, 0.05) is 16.1 Å². The monoisotopic (exact) mass is 457 g/mol. The third kappa shape index (κ3) is 4.58. The molecule has 0 unspecified atom stereocenters. The van der Waals surface area contributed by atoms with Gasteiger partial charge in [0.2, 0.25) is 0 Å². The van der Waals surface area contributed by atoms with Crippen LogP contribution in [0.1, 0.15) is 46.6 Å². The number of hydrogen-bond acceptors (Lipinski definition) is 3. The van der Waals surface area contributed by atoms with Crippen molar-refractivity contribution in [2.45, 2.75) is 25.9 Å². The molecule has 0 fully saturated rings. The minimum Gasteiger partial charge on any atom is -0.488 e. The summed E-state index contributed by atoms with van der Waals surface area (Å²) in [5.41, 5.74) is 3.54. The highest BCUT2D eigenvalue weighted by Crippen LogP contribution is 2.43. The summed E-state index contributed by atoms with van der Waals surface area (Å²) >= 11 is 12.3. The van der Waals surface area contributed by atoms with Crippen LogP contribution in [0, 0.1) is 5.82 Å². The summed E-state index contributed by atoms with van der Waals surface area (Å²) in [6.07, 6.45) is 2.39. The molecule has 7 heteroatoms. The van der Waals surface area contributed by atoms with Gasteiger partial charge in [0.15, 0.2) is 5.69 Å². The van der Waals surface area contributed by atoms with E-state index in [1.165, 1.54) is 6.07 Å². The zero-order chi connectivity index (χ0) is 22.0. The molecular formula is C24H18Cl2FNO3. The van der Waals surface area contributed by atoms with Gasteiger partial charge in [0.05, 0.1) is 10.7 Å². The number of nitrogens with zero attached hydrogens (tertiary/aromatic N) is 1. The molecule has 3 aromatic rings. The molecule has 1 aromatic heterocycles. The Kier molecular flexibility index (Phi) is 6.25. The fraction of sp³-hybridized carbons (Fsp3) is 0.167. The topological polar surface area (TPSA) is 59.4 Å². The average Bonchev–Trinajstić information content (AvgIpc) is 3.23. The third-order valence-corrected chi connectivity index (χ3v) is 5.72. The summed E-state index contributed by atoms with van der Waals surface area (Å²) in [6, 6.07) is 15.0. The molecule has 0 amide bonds. The van der Waals surface area contributed by atoms with Gasteiger partial charge >= 0.3 is 5.97 Å².